The molecule has 2 heterocycles. The molecule has 0 aliphatic carbocycles. The molecular formula is C24H20ClN3O4. The molecular weight excluding hydrogens is 430 g/mol. The molecule has 0 spiro atoms. The maximum Gasteiger partial charge on any atom is 0.335 e. The number of ether oxygens (including phenoxy) is 1. The van der Waals surface area contributed by atoms with Crippen LogP contribution >= 0.6 is 11.6 Å². The number of anilines is 1. The standard InChI is InChI=1S/C24H20ClN3O4/c1-15-6-3-4-7-16(15)14-27-11-5-8-17(27)12-19-22(29)26-24(31)28(23(19)30)18-9-10-21(32-2)20(25)13-18/h3-13H,14H2,1-2H3,(H,26,29,31)/b19-12+. The van der Waals surface area contributed by atoms with E-state index in [2.05, 4.69) is 5.32 Å². The quantitative estimate of drug-likeness (QED) is 0.468. The Morgan fingerprint density at radius 2 is 1.84 bits per heavy atom. The van der Waals surface area contributed by atoms with Crippen molar-refractivity contribution in [2.45, 2.75) is 13.5 Å². The van der Waals surface area contributed by atoms with Crippen LogP contribution in [-0.4, -0.2) is 29.5 Å². The summed E-state index contributed by atoms with van der Waals surface area (Å²) in [5, 5.41) is 2.46. The fraction of sp³-hybridized carbons (Fsp3) is 0.125. The van der Waals surface area contributed by atoms with Crippen molar-refractivity contribution in [3.05, 3.63) is 88.2 Å². The van der Waals surface area contributed by atoms with Gasteiger partial charge in [0.1, 0.15) is 11.3 Å². The van der Waals surface area contributed by atoms with Crippen LogP contribution in [0.5, 0.6) is 5.75 Å². The average molecular weight is 450 g/mol. The SMILES string of the molecule is COc1ccc(N2C(=O)NC(=O)/C(=C\c3cccn3Cc3ccccc3C)C2=O)cc1Cl. The number of barbiturate groups is 1. The minimum Gasteiger partial charge on any atom is -0.495 e. The number of carbonyl (C=O) groups excluding carboxylic acids is 3. The lowest BCUT2D eigenvalue weighted by atomic mass is 10.1. The molecule has 1 fully saturated rings. The van der Waals surface area contributed by atoms with Gasteiger partial charge in [-0.1, -0.05) is 35.9 Å². The minimum atomic E-state index is -0.839. The van der Waals surface area contributed by atoms with E-state index in [1.54, 1.807) is 12.1 Å². The van der Waals surface area contributed by atoms with Crippen molar-refractivity contribution in [1.29, 1.82) is 0 Å². The first kappa shape index (κ1) is 21.4. The normalized spacial score (nSPS) is 15.3. The van der Waals surface area contributed by atoms with Crippen LogP contribution in [0.1, 0.15) is 16.8 Å². The molecule has 162 valence electrons. The summed E-state index contributed by atoms with van der Waals surface area (Å²) in [6, 6.07) is 15.3. The Balaban J connectivity index is 1.68. The number of imide groups is 2. The van der Waals surface area contributed by atoms with E-state index in [1.807, 2.05) is 48.0 Å². The van der Waals surface area contributed by atoms with Crippen molar-refractivity contribution in [2.75, 3.05) is 12.0 Å². The molecule has 8 heteroatoms. The van der Waals surface area contributed by atoms with E-state index in [0.717, 1.165) is 16.0 Å². The second kappa shape index (κ2) is 8.72. The number of aryl methyl sites for hydroxylation is 1. The molecule has 1 N–H and O–H groups in total. The molecule has 3 aromatic rings. The van der Waals surface area contributed by atoms with E-state index in [0.29, 0.717) is 18.0 Å². The summed E-state index contributed by atoms with van der Waals surface area (Å²) in [5.41, 5.74) is 2.99. The average Bonchev–Trinajstić information content (AvgIpc) is 3.19. The van der Waals surface area contributed by atoms with Gasteiger partial charge in [0.05, 0.1) is 17.8 Å². The van der Waals surface area contributed by atoms with E-state index in [4.69, 9.17) is 16.3 Å². The summed E-state index contributed by atoms with van der Waals surface area (Å²) >= 11 is 6.16. The molecule has 0 unspecified atom stereocenters. The molecule has 32 heavy (non-hydrogen) atoms. The van der Waals surface area contributed by atoms with Gasteiger partial charge in [-0.2, -0.15) is 0 Å². The highest BCUT2D eigenvalue weighted by Crippen LogP contribution is 2.31. The molecule has 0 saturated carbocycles. The number of hydrogen-bond acceptors (Lipinski definition) is 4. The second-order valence-corrected chi connectivity index (χ2v) is 7.67. The van der Waals surface area contributed by atoms with Crippen LogP contribution in [0.25, 0.3) is 6.08 Å². The highest BCUT2D eigenvalue weighted by atomic mass is 35.5. The Morgan fingerprint density at radius 3 is 2.56 bits per heavy atom. The molecule has 4 rings (SSSR count). The lowest BCUT2D eigenvalue weighted by molar-refractivity contribution is -0.122. The molecule has 1 aliphatic rings. The van der Waals surface area contributed by atoms with Crippen molar-refractivity contribution in [2.24, 2.45) is 0 Å². The van der Waals surface area contributed by atoms with Gasteiger partial charge < -0.3 is 9.30 Å². The predicted octanol–water partition coefficient (Wildman–Crippen LogP) is 4.17. The van der Waals surface area contributed by atoms with Crippen molar-refractivity contribution in [3.63, 3.8) is 0 Å². The number of methoxy groups -OCH3 is 1. The van der Waals surface area contributed by atoms with Gasteiger partial charge in [0.2, 0.25) is 0 Å². The molecule has 1 saturated heterocycles. The number of carbonyl (C=O) groups is 3. The smallest absolute Gasteiger partial charge is 0.335 e. The highest BCUT2D eigenvalue weighted by Gasteiger charge is 2.37. The number of benzene rings is 2. The lowest BCUT2D eigenvalue weighted by Gasteiger charge is -2.26. The van der Waals surface area contributed by atoms with Gasteiger partial charge in [-0.15, -0.1) is 0 Å². The van der Waals surface area contributed by atoms with Crippen molar-refractivity contribution in [3.8, 4) is 5.75 Å². The Bertz CT molecular complexity index is 1260. The van der Waals surface area contributed by atoms with Gasteiger partial charge in [-0.05, 0) is 54.5 Å². The van der Waals surface area contributed by atoms with Crippen LogP contribution in [0.4, 0.5) is 10.5 Å². The molecule has 7 nitrogen and oxygen atoms in total. The van der Waals surface area contributed by atoms with Crippen LogP contribution < -0.4 is 15.0 Å². The van der Waals surface area contributed by atoms with Gasteiger partial charge in [0, 0.05) is 18.4 Å². The number of nitrogens with zero attached hydrogens (tertiary/aromatic N) is 2. The highest BCUT2D eigenvalue weighted by molar-refractivity contribution is 6.39. The van der Waals surface area contributed by atoms with E-state index in [-0.39, 0.29) is 16.3 Å². The maximum absolute atomic E-state index is 13.2. The van der Waals surface area contributed by atoms with Gasteiger partial charge in [0.25, 0.3) is 11.8 Å². The summed E-state index contributed by atoms with van der Waals surface area (Å²) < 4.78 is 7.05. The molecule has 4 amide bonds. The number of urea groups is 1. The number of nitrogens with one attached hydrogen (secondary N) is 1. The Hall–Kier alpha value is -3.84. The van der Waals surface area contributed by atoms with E-state index in [1.165, 1.54) is 25.3 Å². The van der Waals surface area contributed by atoms with Gasteiger partial charge in [-0.3, -0.25) is 14.9 Å². The number of amides is 4. The summed E-state index contributed by atoms with van der Waals surface area (Å²) in [5.74, 6) is -1.08. The molecule has 1 aliphatic heterocycles. The zero-order valence-electron chi connectivity index (χ0n) is 17.5. The fourth-order valence-electron chi connectivity index (χ4n) is 3.51. The lowest BCUT2D eigenvalue weighted by Crippen LogP contribution is -2.54. The van der Waals surface area contributed by atoms with Gasteiger partial charge in [-0.25, -0.2) is 9.69 Å². The largest absolute Gasteiger partial charge is 0.495 e. The monoisotopic (exact) mass is 449 g/mol. The molecule has 0 radical (unpaired) electrons. The Labute approximate surface area is 189 Å². The van der Waals surface area contributed by atoms with Crippen LogP contribution in [-0.2, 0) is 16.1 Å². The van der Waals surface area contributed by atoms with Crippen molar-refractivity contribution in [1.82, 2.24) is 9.88 Å². The number of rotatable bonds is 5. The first-order chi connectivity index (χ1) is 15.4. The minimum absolute atomic E-state index is 0.152. The number of halogens is 1. The summed E-state index contributed by atoms with van der Waals surface area (Å²) in [7, 11) is 1.46. The van der Waals surface area contributed by atoms with Gasteiger partial charge in [0.15, 0.2) is 0 Å². The first-order valence-corrected chi connectivity index (χ1v) is 10.2. The molecule has 2 aromatic carbocycles. The zero-order chi connectivity index (χ0) is 22.8. The van der Waals surface area contributed by atoms with E-state index < -0.39 is 17.8 Å². The topological polar surface area (TPSA) is 80.6 Å². The molecule has 0 bridgehead atoms. The third kappa shape index (κ3) is 4.02. The maximum atomic E-state index is 13.2. The van der Waals surface area contributed by atoms with Gasteiger partial charge >= 0.3 is 6.03 Å². The van der Waals surface area contributed by atoms with Crippen LogP contribution in [0.2, 0.25) is 5.02 Å². The number of aromatic nitrogens is 1. The second-order valence-electron chi connectivity index (χ2n) is 7.26. The van der Waals surface area contributed by atoms with Crippen molar-refractivity contribution < 1.29 is 19.1 Å². The third-order valence-electron chi connectivity index (χ3n) is 5.25. The molecule has 1 aromatic heterocycles. The first-order valence-electron chi connectivity index (χ1n) is 9.83. The third-order valence-corrected chi connectivity index (χ3v) is 5.55. The summed E-state index contributed by atoms with van der Waals surface area (Å²) in [6.07, 6.45) is 3.36. The van der Waals surface area contributed by atoms with E-state index >= 15 is 0 Å². The molecule has 0 atom stereocenters. The zero-order valence-corrected chi connectivity index (χ0v) is 18.2. The summed E-state index contributed by atoms with van der Waals surface area (Å²) in [4.78, 5) is 39.0. The van der Waals surface area contributed by atoms with E-state index in [9.17, 15) is 14.4 Å². The van der Waals surface area contributed by atoms with Crippen LogP contribution in [0, 0.1) is 6.92 Å². The predicted molar refractivity (Wildman–Crippen MR) is 122 cm³/mol. The Morgan fingerprint density at radius 1 is 1.06 bits per heavy atom. The summed E-state index contributed by atoms with van der Waals surface area (Å²) in [6.45, 7) is 2.60. The van der Waals surface area contributed by atoms with Crippen LogP contribution in [0.3, 0.4) is 0 Å². The van der Waals surface area contributed by atoms with Crippen LogP contribution in [0.15, 0.2) is 66.4 Å². The number of hydrogen-bond donors (Lipinski definition) is 1. The van der Waals surface area contributed by atoms with Crippen molar-refractivity contribution >= 4 is 41.2 Å². The fourth-order valence-corrected chi connectivity index (χ4v) is 3.76. The Kier molecular flexibility index (Phi) is 5.83.